The third-order valence-electron chi connectivity index (χ3n) is 2.32. The molecule has 0 aliphatic rings. The highest BCUT2D eigenvalue weighted by Crippen LogP contribution is 2.19. The van der Waals surface area contributed by atoms with Gasteiger partial charge in [0, 0.05) is 10.5 Å². The Labute approximate surface area is 117 Å². The van der Waals surface area contributed by atoms with Crippen molar-refractivity contribution in [2.24, 2.45) is 0 Å². The number of carbonyl (C=O) groups excluding carboxylic acids is 1. The molecule has 8 heteroatoms. The van der Waals surface area contributed by atoms with E-state index >= 15 is 0 Å². The van der Waals surface area contributed by atoms with Crippen LogP contribution in [0.1, 0.15) is 10.4 Å². The molecule has 1 rings (SSSR count). The summed E-state index contributed by atoms with van der Waals surface area (Å²) in [5, 5.41) is 8.59. The quantitative estimate of drug-likeness (QED) is 0.849. The maximum atomic E-state index is 12.4. The van der Waals surface area contributed by atoms with Crippen molar-refractivity contribution in [2.45, 2.75) is 11.1 Å². The Bertz CT molecular complexity index is 488. The Hall–Kier alpha value is -1.70. The molecule has 0 aliphatic carbocycles. The van der Waals surface area contributed by atoms with Crippen LogP contribution in [0, 0.1) is 0 Å². The van der Waals surface area contributed by atoms with Crippen LogP contribution in [0.2, 0.25) is 0 Å². The molecule has 20 heavy (non-hydrogen) atoms. The zero-order chi connectivity index (χ0) is 15.3. The van der Waals surface area contributed by atoms with E-state index in [-0.39, 0.29) is 10.5 Å². The Morgan fingerprint density at radius 3 is 2.20 bits per heavy atom. The zero-order valence-corrected chi connectivity index (χ0v) is 11.3. The number of carbonyl (C=O) groups is 2. The molecule has 0 heterocycles. The minimum Gasteiger partial charge on any atom is -0.480 e. The normalized spacial score (nSPS) is 11.2. The third-order valence-corrected chi connectivity index (χ3v) is 3.06. The summed E-state index contributed by atoms with van der Waals surface area (Å²) in [5.74, 6) is -2.46. The second-order valence-electron chi connectivity index (χ2n) is 3.90. The Balaban J connectivity index is 2.93. The van der Waals surface area contributed by atoms with E-state index < -0.39 is 31.1 Å². The van der Waals surface area contributed by atoms with E-state index in [9.17, 15) is 22.8 Å². The summed E-state index contributed by atoms with van der Waals surface area (Å²) >= 11 is 1.42. The molecular formula is C12H12F3NO3S. The predicted molar refractivity (Wildman–Crippen MR) is 67.8 cm³/mol. The van der Waals surface area contributed by atoms with E-state index in [4.69, 9.17) is 5.11 Å². The largest absolute Gasteiger partial charge is 0.480 e. The van der Waals surface area contributed by atoms with Gasteiger partial charge in [-0.25, -0.2) is 0 Å². The van der Waals surface area contributed by atoms with Crippen molar-refractivity contribution in [1.82, 2.24) is 4.90 Å². The molecule has 0 bridgehead atoms. The number of benzene rings is 1. The topological polar surface area (TPSA) is 57.6 Å². The number of aliphatic carboxylic acids is 1. The van der Waals surface area contributed by atoms with Crippen LogP contribution in [0.4, 0.5) is 13.2 Å². The number of carboxylic acid groups (broad SMARTS) is 1. The van der Waals surface area contributed by atoms with E-state index in [1.165, 1.54) is 23.9 Å². The second-order valence-corrected chi connectivity index (χ2v) is 4.78. The average molecular weight is 307 g/mol. The standard InChI is InChI=1S/C12H12F3NO3S/c1-20-9-4-2-8(3-5-9)11(19)16(6-10(17)18)7-12(13,14)15/h2-5H,6-7H2,1H3,(H,17,18). The van der Waals surface area contributed by atoms with Crippen molar-refractivity contribution < 1.29 is 27.9 Å². The van der Waals surface area contributed by atoms with Crippen molar-refractivity contribution in [3.63, 3.8) is 0 Å². The van der Waals surface area contributed by atoms with Crippen LogP contribution in [-0.4, -0.2) is 47.4 Å². The first-order valence-corrected chi connectivity index (χ1v) is 6.67. The van der Waals surface area contributed by atoms with Crippen LogP contribution in [0.25, 0.3) is 0 Å². The van der Waals surface area contributed by atoms with Crippen molar-refractivity contribution in [3.05, 3.63) is 29.8 Å². The molecule has 0 aromatic heterocycles. The van der Waals surface area contributed by atoms with Crippen LogP contribution >= 0.6 is 11.8 Å². The number of carboxylic acids is 1. The molecule has 110 valence electrons. The van der Waals surface area contributed by atoms with Gasteiger partial charge in [-0.15, -0.1) is 11.8 Å². The van der Waals surface area contributed by atoms with Gasteiger partial charge in [0.15, 0.2) is 0 Å². The Kier molecular flexibility index (Phi) is 5.43. The van der Waals surface area contributed by atoms with E-state index in [2.05, 4.69) is 0 Å². The number of hydrogen-bond donors (Lipinski definition) is 1. The molecule has 0 radical (unpaired) electrons. The van der Waals surface area contributed by atoms with Gasteiger partial charge >= 0.3 is 12.1 Å². The van der Waals surface area contributed by atoms with Gasteiger partial charge in [-0.2, -0.15) is 13.2 Å². The van der Waals surface area contributed by atoms with Crippen LogP contribution in [-0.2, 0) is 4.79 Å². The molecule has 0 fully saturated rings. The molecule has 0 spiro atoms. The highest BCUT2D eigenvalue weighted by molar-refractivity contribution is 7.98. The summed E-state index contributed by atoms with van der Waals surface area (Å²) in [5.41, 5.74) is 0.0216. The summed E-state index contributed by atoms with van der Waals surface area (Å²) in [7, 11) is 0. The number of rotatable bonds is 5. The number of alkyl halides is 3. The van der Waals surface area contributed by atoms with Gasteiger partial charge in [-0.05, 0) is 30.5 Å². The summed E-state index contributed by atoms with van der Waals surface area (Å²) in [6.07, 6.45) is -2.83. The van der Waals surface area contributed by atoms with Crippen molar-refractivity contribution in [2.75, 3.05) is 19.3 Å². The van der Waals surface area contributed by atoms with Crippen LogP contribution in [0.15, 0.2) is 29.2 Å². The van der Waals surface area contributed by atoms with Gasteiger partial charge in [0.2, 0.25) is 0 Å². The maximum Gasteiger partial charge on any atom is 0.406 e. The summed E-state index contributed by atoms with van der Waals surface area (Å²) in [6, 6.07) is 5.92. The van der Waals surface area contributed by atoms with Crippen LogP contribution in [0.3, 0.4) is 0 Å². The lowest BCUT2D eigenvalue weighted by Gasteiger charge is -2.22. The number of halogens is 3. The first-order valence-electron chi connectivity index (χ1n) is 5.45. The average Bonchev–Trinajstić information content (AvgIpc) is 2.35. The SMILES string of the molecule is CSc1ccc(C(=O)N(CC(=O)O)CC(F)(F)F)cc1. The molecule has 0 unspecified atom stereocenters. The van der Waals surface area contributed by atoms with Gasteiger partial charge < -0.3 is 10.0 Å². The van der Waals surface area contributed by atoms with E-state index in [0.29, 0.717) is 0 Å². The van der Waals surface area contributed by atoms with Crippen molar-refractivity contribution in [1.29, 1.82) is 0 Å². The molecular weight excluding hydrogens is 295 g/mol. The Morgan fingerprint density at radius 2 is 1.80 bits per heavy atom. The molecule has 0 atom stereocenters. The summed E-state index contributed by atoms with van der Waals surface area (Å²) < 4.78 is 37.1. The fraction of sp³-hybridized carbons (Fsp3) is 0.333. The van der Waals surface area contributed by atoms with Crippen molar-refractivity contribution in [3.8, 4) is 0 Å². The number of amides is 1. The third kappa shape index (κ3) is 5.12. The first kappa shape index (κ1) is 16.4. The first-order chi connectivity index (χ1) is 9.23. The number of hydrogen-bond acceptors (Lipinski definition) is 3. The predicted octanol–water partition coefficient (Wildman–Crippen LogP) is 2.50. The molecule has 1 amide bonds. The van der Waals surface area contributed by atoms with Crippen molar-refractivity contribution >= 4 is 23.6 Å². The Morgan fingerprint density at radius 1 is 1.25 bits per heavy atom. The lowest BCUT2D eigenvalue weighted by atomic mass is 10.2. The monoisotopic (exact) mass is 307 g/mol. The minimum atomic E-state index is -4.65. The molecule has 1 aromatic rings. The van der Waals surface area contributed by atoms with Gasteiger partial charge in [0.1, 0.15) is 13.1 Å². The van der Waals surface area contributed by atoms with Gasteiger partial charge in [0.25, 0.3) is 5.91 Å². The smallest absolute Gasteiger partial charge is 0.406 e. The fourth-order valence-electron chi connectivity index (χ4n) is 1.50. The highest BCUT2D eigenvalue weighted by Gasteiger charge is 2.34. The second kappa shape index (κ2) is 6.65. The minimum absolute atomic E-state index is 0.0216. The fourth-order valence-corrected chi connectivity index (χ4v) is 1.90. The lowest BCUT2D eigenvalue weighted by Crippen LogP contribution is -2.42. The van der Waals surface area contributed by atoms with E-state index in [1.807, 2.05) is 6.26 Å². The van der Waals surface area contributed by atoms with Gasteiger partial charge in [-0.1, -0.05) is 0 Å². The molecule has 0 saturated carbocycles. The lowest BCUT2D eigenvalue weighted by molar-refractivity contribution is -0.149. The van der Waals surface area contributed by atoms with Crippen LogP contribution in [0.5, 0.6) is 0 Å². The molecule has 1 N–H and O–H groups in total. The molecule has 1 aromatic carbocycles. The summed E-state index contributed by atoms with van der Waals surface area (Å²) in [6.45, 7) is -2.59. The number of thioether (sulfide) groups is 1. The summed E-state index contributed by atoms with van der Waals surface area (Å²) in [4.78, 5) is 23.6. The zero-order valence-electron chi connectivity index (χ0n) is 10.5. The molecule has 0 aliphatic heterocycles. The number of nitrogens with zero attached hydrogens (tertiary/aromatic N) is 1. The van der Waals surface area contributed by atoms with Gasteiger partial charge in [0.05, 0.1) is 0 Å². The highest BCUT2D eigenvalue weighted by atomic mass is 32.2. The van der Waals surface area contributed by atoms with Crippen LogP contribution < -0.4 is 0 Å². The van der Waals surface area contributed by atoms with Gasteiger partial charge in [-0.3, -0.25) is 9.59 Å². The van der Waals surface area contributed by atoms with E-state index in [1.54, 1.807) is 12.1 Å². The van der Waals surface area contributed by atoms with E-state index in [0.717, 1.165) is 4.90 Å². The maximum absolute atomic E-state index is 12.4. The molecule has 0 saturated heterocycles. The molecule has 4 nitrogen and oxygen atoms in total.